The molecule has 0 unspecified atom stereocenters. The highest BCUT2D eigenvalue weighted by atomic mass is 127. The number of alkyl halides is 1. The molecule has 0 radical (unpaired) electrons. The van der Waals surface area contributed by atoms with Gasteiger partial charge in [-0.1, -0.05) is 35.4 Å². The van der Waals surface area contributed by atoms with Gasteiger partial charge in [-0.25, -0.2) is 0 Å². The van der Waals surface area contributed by atoms with E-state index in [2.05, 4.69) is 22.6 Å². The smallest absolute Gasteiger partial charge is 0.119 e. The summed E-state index contributed by atoms with van der Waals surface area (Å²) >= 11 is 2.42. The zero-order chi connectivity index (χ0) is 23.7. The van der Waals surface area contributed by atoms with E-state index in [1.165, 1.54) is 23.7 Å². The molecule has 1 rings (SSSR count). The van der Waals surface area contributed by atoms with Crippen molar-refractivity contribution in [1.29, 1.82) is 0 Å². The van der Waals surface area contributed by atoms with Gasteiger partial charge >= 0.3 is 0 Å². The second-order valence-electron chi connectivity index (χ2n) is 7.19. The first-order valence-electron chi connectivity index (χ1n) is 11.8. The van der Waals surface area contributed by atoms with Gasteiger partial charge < -0.3 is 38.9 Å². The molecule has 0 heterocycles. The Bertz CT molecular complexity index is 522. The van der Waals surface area contributed by atoms with E-state index in [1.807, 2.05) is 24.3 Å². The fourth-order valence-electron chi connectivity index (χ4n) is 2.64. The summed E-state index contributed by atoms with van der Waals surface area (Å²) in [5.74, 6) is 0.783. The summed E-state index contributed by atoms with van der Waals surface area (Å²) in [6.45, 7) is 7.46. The van der Waals surface area contributed by atoms with Gasteiger partial charge in [0.15, 0.2) is 0 Å². The molecule has 0 aliphatic heterocycles. The lowest BCUT2D eigenvalue weighted by molar-refractivity contribution is -0.0179. The van der Waals surface area contributed by atoms with E-state index in [4.69, 9.17) is 38.9 Å². The molecule has 2 N–H and O–H groups in total. The molecule has 0 bridgehead atoms. The minimum absolute atomic E-state index is 0.491. The molecule has 8 nitrogen and oxygen atoms in total. The Morgan fingerprint density at radius 2 is 0.879 bits per heavy atom. The third-order valence-electron chi connectivity index (χ3n) is 4.41. The highest BCUT2D eigenvalue weighted by Gasteiger charge is 1.96. The molecule has 0 saturated heterocycles. The van der Waals surface area contributed by atoms with Gasteiger partial charge in [-0.15, -0.1) is 0 Å². The normalized spacial score (nSPS) is 11.2. The maximum atomic E-state index is 5.63. The van der Waals surface area contributed by atoms with Crippen molar-refractivity contribution >= 4 is 28.3 Å². The van der Waals surface area contributed by atoms with E-state index < -0.39 is 0 Å². The standard InChI is InChI=1S/C24H42INO7/c25-9-3-1-2-4-10-27-11-12-28-13-14-29-15-16-30-17-18-31-19-20-32-21-22-33-24-7-5-23(26)6-8-24/h5-8H,1-4,9-22,26H2. The van der Waals surface area contributed by atoms with Crippen LogP contribution in [-0.4, -0.2) is 90.3 Å². The fourth-order valence-corrected chi connectivity index (χ4v) is 3.18. The maximum absolute atomic E-state index is 5.63. The van der Waals surface area contributed by atoms with E-state index >= 15 is 0 Å². The Labute approximate surface area is 212 Å². The first kappa shape index (κ1) is 30.3. The van der Waals surface area contributed by atoms with E-state index in [9.17, 15) is 0 Å². The van der Waals surface area contributed by atoms with Gasteiger partial charge in [0.2, 0.25) is 0 Å². The van der Waals surface area contributed by atoms with Gasteiger partial charge in [0.25, 0.3) is 0 Å². The fraction of sp³-hybridized carbons (Fsp3) is 0.750. The van der Waals surface area contributed by atoms with Crippen LogP contribution in [0.15, 0.2) is 24.3 Å². The second kappa shape index (κ2) is 24.4. The van der Waals surface area contributed by atoms with Crippen LogP contribution in [0, 0.1) is 0 Å². The summed E-state index contributed by atoms with van der Waals surface area (Å²) < 4.78 is 39.7. The highest BCUT2D eigenvalue weighted by Crippen LogP contribution is 2.12. The third-order valence-corrected chi connectivity index (χ3v) is 5.17. The number of hydrogen-bond donors (Lipinski definition) is 1. The molecule has 0 atom stereocenters. The van der Waals surface area contributed by atoms with Crippen molar-refractivity contribution in [2.75, 3.05) is 96.1 Å². The lowest BCUT2D eigenvalue weighted by Gasteiger charge is -2.09. The Hall–Kier alpha value is -0.690. The number of halogens is 1. The lowest BCUT2D eigenvalue weighted by Crippen LogP contribution is -2.14. The second-order valence-corrected chi connectivity index (χ2v) is 8.27. The molecule has 0 saturated carbocycles. The van der Waals surface area contributed by atoms with Crippen LogP contribution in [0.2, 0.25) is 0 Å². The number of hydrogen-bond acceptors (Lipinski definition) is 8. The lowest BCUT2D eigenvalue weighted by atomic mass is 10.2. The highest BCUT2D eigenvalue weighted by molar-refractivity contribution is 14.1. The molecular formula is C24H42INO7. The first-order chi connectivity index (χ1) is 16.3. The summed E-state index contributed by atoms with van der Waals surface area (Å²) in [5.41, 5.74) is 6.35. The molecule has 33 heavy (non-hydrogen) atoms. The van der Waals surface area contributed by atoms with E-state index in [-0.39, 0.29) is 0 Å². The molecule has 0 spiro atoms. The van der Waals surface area contributed by atoms with Crippen LogP contribution >= 0.6 is 22.6 Å². The van der Waals surface area contributed by atoms with Gasteiger partial charge in [-0.3, -0.25) is 0 Å². The zero-order valence-corrected chi connectivity index (χ0v) is 22.0. The molecule has 0 aromatic heterocycles. The van der Waals surface area contributed by atoms with Crippen molar-refractivity contribution in [3.8, 4) is 5.75 Å². The maximum Gasteiger partial charge on any atom is 0.119 e. The van der Waals surface area contributed by atoms with E-state index in [0.29, 0.717) is 79.3 Å². The van der Waals surface area contributed by atoms with Gasteiger partial charge in [0.05, 0.1) is 72.7 Å². The minimum atomic E-state index is 0.491. The molecule has 9 heteroatoms. The first-order valence-corrected chi connectivity index (χ1v) is 13.4. The molecule has 0 aliphatic carbocycles. The van der Waals surface area contributed by atoms with Crippen LogP contribution in [0.3, 0.4) is 0 Å². The molecule has 1 aromatic rings. The average molecular weight is 584 g/mol. The Morgan fingerprint density at radius 1 is 0.485 bits per heavy atom. The van der Waals surface area contributed by atoms with Crippen molar-refractivity contribution in [3.05, 3.63) is 24.3 Å². The Balaban J connectivity index is 1.66. The number of unbranched alkanes of at least 4 members (excludes halogenated alkanes) is 3. The van der Waals surface area contributed by atoms with Crippen molar-refractivity contribution in [3.63, 3.8) is 0 Å². The summed E-state index contributed by atoms with van der Waals surface area (Å²) in [5, 5.41) is 0. The minimum Gasteiger partial charge on any atom is -0.491 e. The Kier molecular flexibility index (Phi) is 22.5. The molecular weight excluding hydrogens is 541 g/mol. The van der Waals surface area contributed by atoms with Gasteiger partial charge in [0.1, 0.15) is 12.4 Å². The van der Waals surface area contributed by atoms with Crippen LogP contribution in [0.1, 0.15) is 25.7 Å². The number of nitrogen functional groups attached to an aromatic ring is 1. The summed E-state index contributed by atoms with van der Waals surface area (Å²) in [4.78, 5) is 0. The van der Waals surface area contributed by atoms with Crippen LogP contribution in [0.4, 0.5) is 5.69 Å². The topological polar surface area (TPSA) is 90.6 Å². The zero-order valence-electron chi connectivity index (χ0n) is 19.9. The number of benzene rings is 1. The summed E-state index contributed by atoms with van der Waals surface area (Å²) in [6.07, 6.45) is 5.00. The van der Waals surface area contributed by atoms with Crippen LogP contribution in [-0.2, 0) is 28.4 Å². The van der Waals surface area contributed by atoms with Gasteiger partial charge in [0, 0.05) is 12.3 Å². The predicted molar refractivity (Wildman–Crippen MR) is 139 cm³/mol. The van der Waals surface area contributed by atoms with Crippen molar-refractivity contribution in [2.45, 2.75) is 25.7 Å². The number of ether oxygens (including phenoxy) is 7. The quantitative estimate of drug-likeness (QED) is 0.0807. The average Bonchev–Trinajstić information content (AvgIpc) is 2.83. The van der Waals surface area contributed by atoms with Crippen molar-refractivity contribution in [2.24, 2.45) is 0 Å². The largest absolute Gasteiger partial charge is 0.491 e. The molecule has 192 valence electrons. The predicted octanol–water partition coefficient (Wildman–Crippen LogP) is 3.74. The summed E-state index contributed by atoms with van der Waals surface area (Å²) in [7, 11) is 0. The van der Waals surface area contributed by atoms with Gasteiger partial charge in [-0.2, -0.15) is 0 Å². The third kappa shape index (κ3) is 21.6. The van der Waals surface area contributed by atoms with Crippen molar-refractivity contribution in [1.82, 2.24) is 0 Å². The van der Waals surface area contributed by atoms with Crippen LogP contribution in [0.25, 0.3) is 0 Å². The molecule has 0 amide bonds. The van der Waals surface area contributed by atoms with Crippen LogP contribution < -0.4 is 10.5 Å². The molecule has 1 aromatic carbocycles. The van der Waals surface area contributed by atoms with Crippen LogP contribution in [0.5, 0.6) is 5.75 Å². The summed E-state index contributed by atoms with van der Waals surface area (Å²) in [6, 6.07) is 7.29. The molecule has 0 aliphatic rings. The monoisotopic (exact) mass is 583 g/mol. The van der Waals surface area contributed by atoms with Gasteiger partial charge in [-0.05, 0) is 41.5 Å². The number of nitrogens with two attached hydrogens (primary N) is 1. The Morgan fingerprint density at radius 3 is 1.33 bits per heavy atom. The van der Waals surface area contributed by atoms with E-state index in [0.717, 1.165) is 24.5 Å². The molecule has 0 fully saturated rings. The number of rotatable bonds is 25. The SMILES string of the molecule is Nc1ccc(OCCOCCOCCOCCOCCOCCOCCCCCCI)cc1. The number of anilines is 1. The van der Waals surface area contributed by atoms with E-state index in [1.54, 1.807) is 0 Å². The van der Waals surface area contributed by atoms with Crippen molar-refractivity contribution < 1.29 is 33.2 Å².